The summed E-state index contributed by atoms with van der Waals surface area (Å²) in [6.45, 7) is 3.14. The summed E-state index contributed by atoms with van der Waals surface area (Å²) in [5.41, 5.74) is -2.29. The number of aliphatic carboxylic acids is 8. The summed E-state index contributed by atoms with van der Waals surface area (Å²) in [6, 6.07) is -2.18. The molecule has 2 aromatic heterocycles. The van der Waals surface area contributed by atoms with Crippen molar-refractivity contribution >= 4 is 66.0 Å². The van der Waals surface area contributed by atoms with Gasteiger partial charge in [0.25, 0.3) is 0 Å². The van der Waals surface area contributed by atoms with E-state index in [1.165, 1.54) is 24.3 Å². The molecule has 0 aliphatic carbocycles. The third-order valence-electron chi connectivity index (χ3n) is 12.1. The van der Waals surface area contributed by atoms with E-state index in [1.807, 2.05) is 0 Å². The first-order valence-electron chi connectivity index (χ1n) is 19.7. The minimum atomic E-state index is -1.48. The molecule has 2 saturated heterocycles. The predicted octanol–water partition coefficient (Wildman–Crippen LogP) is 2.17. The van der Waals surface area contributed by atoms with Crippen LogP contribution in [0.1, 0.15) is 98.9 Å². The SMILES string of the molecule is C[C@@]1(CC(=O)O)/C2=C/[C@H]3[N-]C(/C=c4/[n-]/c(c(CCC(=O)O)c4CC(=O)O)=C\c4[n-]c(c(CC(=O)O)c4CCC(=O)O)/C=C(\[N-]2)[C@H]1CCC(=O)O)[C@@](C)(CC(=O)O)[C@@H]3CCC(=O)O.[Fe+4]. The van der Waals surface area contributed by atoms with Crippen molar-refractivity contribution in [3.05, 3.63) is 72.4 Å². The quantitative estimate of drug-likeness (QED) is 0.0882. The Morgan fingerprint density at radius 3 is 1.67 bits per heavy atom. The fourth-order valence-corrected chi connectivity index (χ4v) is 9.22. The van der Waals surface area contributed by atoms with Crippen molar-refractivity contribution < 1.29 is 96.3 Å². The van der Waals surface area contributed by atoms with Crippen LogP contribution in [0, 0.1) is 22.7 Å². The Labute approximate surface area is 369 Å². The van der Waals surface area contributed by atoms with Gasteiger partial charge in [0.2, 0.25) is 0 Å². The van der Waals surface area contributed by atoms with Crippen molar-refractivity contribution in [1.82, 2.24) is 9.97 Å². The molecule has 3 aliphatic heterocycles. The average Bonchev–Trinajstić information content (AvgIpc) is 3.77. The number of carboxylic acid groups (broad SMARTS) is 8. The van der Waals surface area contributed by atoms with Crippen LogP contribution in [-0.4, -0.2) is 101 Å². The van der Waals surface area contributed by atoms with Crippen LogP contribution in [0.3, 0.4) is 0 Å². The molecule has 338 valence electrons. The molecule has 21 heteroatoms. The molecule has 2 aromatic rings. The molecule has 63 heavy (non-hydrogen) atoms. The Hall–Kier alpha value is -6.18. The summed E-state index contributed by atoms with van der Waals surface area (Å²) in [7, 11) is 0. The van der Waals surface area contributed by atoms with Crippen LogP contribution in [0.4, 0.5) is 0 Å². The molecule has 1 unspecified atom stereocenters. The normalized spacial score (nSPS) is 26.2. The first-order chi connectivity index (χ1) is 29.0. The number of allylic oxidation sites excluding steroid dienone is 2. The van der Waals surface area contributed by atoms with Gasteiger partial charge in [-0.1, -0.05) is 42.7 Å². The van der Waals surface area contributed by atoms with E-state index < -0.39 is 134 Å². The van der Waals surface area contributed by atoms with Gasteiger partial charge in [-0.3, -0.25) is 38.4 Å². The second kappa shape index (κ2) is 19.9. The maximum atomic E-state index is 12.6. The van der Waals surface area contributed by atoms with E-state index in [-0.39, 0.29) is 98.5 Å². The molecule has 20 nitrogen and oxygen atoms in total. The van der Waals surface area contributed by atoms with Crippen LogP contribution >= 0.6 is 0 Å². The summed E-state index contributed by atoms with van der Waals surface area (Å²) >= 11 is 0. The van der Waals surface area contributed by atoms with Crippen LogP contribution < -0.4 is 20.7 Å². The molecule has 5 heterocycles. The molecular weight excluding hydrogens is 872 g/mol. The van der Waals surface area contributed by atoms with Crippen molar-refractivity contribution in [2.24, 2.45) is 22.7 Å². The minimum Gasteiger partial charge on any atom is -0.664 e. The van der Waals surface area contributed by atoms with Crippen molar-refractivity contribution in [2.75, 3.05) is 0 Å². The first kappa shape index (κ1) is 49.5. The van der Waals surface area contributed by atoms with Crippen molar-refractivity contribution in [2.45, 2.75) is 103 Å². The van der Waals surface area contributed by atoms with Crippen molar-refractivity contribution in [1.29, 1.82) is 0 Å². The molecule has 0 spiro atoms. The predicted molar refractivity (Wildman–Crippen MR) is 213 cm³/mol. The van der Waals surface area contributed by atoms with Gasteiger partial charge in [-0.05, 0) is 53.9 Å². The number of aromatic nitrogens is 2. The summed E-state index contributed by atoms with van der Waals surface area (Å²) in [5, 5.41) is 89.5. The molecule has 8 bridgehead atoms. The van der Waals surface area contributed by atoms with E-state index in [2.05, 4.69) is 0 Å². The van der Waals surface area contributed by atoms with Gasteiger partial charge < -0.3 is 61.5 Å². The Morgan fingerprint density at radius 2 is 1.11 bits per heavy atom. The van der Waals surface area contributed by atoms with Gasteiger partial charge in [0.05, 0.1) is 19.3 Å². The van der Waals surface area contributed by atoms with Gasteiger partial charge in [0.1, 0.15) is 0 Å². The van der Waals surface area contributed by atoms with Gasteiger partial charge in [0, 0.05) is 32.1 Å². The Kier molecular flexibility index (Phi) is 15.6. The number of rotatable bonds is 20. The Bertz CT molecular complexity index is 2400. The standard InChI is InChI=1S/C42H46N4O16.Fe/c1-41(17-39(59)60)23(5-9-35(51)52)29-14-27-21(11-37(55)56)19(3-7-33(47)48)25(43-27)13-26-20(4-8-34(49)50)22(12-38(57)58)28(44-26)15-31-42(2,18-40(61)62)24(6-10-36(53)54)30(46-31)16-32(41)45-29;/h13-16,23-24,30-31H,3-12,17-18H2,1-2H3,(H,47,48)(H,49,50)(H,51,52)(H,53,54)(H,55,56)(H,57,58)(H,59,60)(H,61,62);/q-4;+4/b26-13-,28-15+,29-14-,32-16-;/t23-,24-,30-,31?,41+,42+;/m1./s1. The van der Waals surface area contributed by atoms with Crippen molar-refractivity contribution in [3.8, 4) is 0 Å². The largest absolute Gasteiger partial charge is 4.00 e. The van der Waals surface area contributed by atoms with Crippen LogP contribution in [-0.2, 0) is 81.1 Å². The Balaban J connectivity index is 0.00000871. The van der Waals surface area contributed by atoms with E-state index in [0.29, 0.717) is 0 Å². The molecule has 5 rings (SSSR count). The molecule has 0 saturated carbocycles. The van der Waals surface area contributed by atoms with E-state index in [0.717, 1.165) is 0 Å². The molecule has 3 aliphatic rings. The van der Waals surface area contributed by atoms with Gasteiger partial charge >= 0.3 is 64.8 Å². The number of nitrogens with zero attached hydrogens (tertiary/aromatic N) is 4. The molecular formula is C42H46FeN4O16. The zero-order chi connectivity index (χ0) is 45.8. The molecule has 0 aromatic carbocycles. The van der Waals surface area contributed by atoms with Crippen LogP contribution in [0.5, 0.6) is 0 Å². The fraction of sp³-hybridized carbons (Fsp3) is 0.476. The maximum Gasteiger partial charge on any atom is 4.00 e. The zero-order valence-electron chi connectivity index (χ0n) is 34.1. The summed E-state index contributed by atoms with van der Waals surface area (Å²) in [4.78, 5) is 107. The van der Waals surface area contributed by atoms with Crippen molar-refractivity contribution in [3.63, 3.8) is 0 Å². The molecule has 6 atom stereocenters. The minimum absolute atomic E-state index is 0. The molecule has 2 fully saturated rings. The summed E-state index contributed by atoms with van der Waals surface area (Å²) in [5.74, 6) is -12.0. The van der Waals surface area contributed by atoms with E-state index in [1.54, 1.807) is 13.8 Å². The van der Waals surface area contributed by atoms with Gasteiger partial charge in [-0.25, -0.2) is 0 Å². The van der Waals surface area contributed by atoms with Gasteiger partial charge in [-0.2, -0.15) is 11.4 Å². The number of fused-ring (bicyclic) bond motifs is 8. The van der Waals surface area contributed by atoms with E-state index in [9.17, 15) is 79.2 Å². The van der Waals surface area contributed by atoms with Gasteiger partial charge in [0.15, 0.2) is 0 Å². The fourth-order valence-electron chi connectivity index (χ4n) is 9.22. The summed E-state index contributed by atoms with van der Waals surface area (Å²) in [6.07, 6.45) is 0.438. The number of hydrogen-bond donors (Lipinski definition) is 8. The molecule has 0 amide bonds. The zero-order valence-corrected chi connectivity index (χ0v) is 35.2. The molecule has 8 N–H and O–H groups in total. The first-order valence-corrected chi connectivity index (χ1v) is 19.7. The maximum absolute atomic E-state index is 12.6. The number of carbonyl (C=O) groups is 8. The van der Waals surface area contributed by atoms with E-state index in [4.69, 9.17) is 20.6 Å². The van der Waals surface area contributed by atoms with Crippen LogP contribution in [0.15, 0.2) is 17.5 Å². The molecule has 0 radical (unpaired) electrons. The second-order valence-corrected chi connectivity index (χ2v) is 16.3. The van der Waals surface area contributed by atoms with Crippen LogP contribution in [0.2, 0.25) is 0 Å². The average molecular weight is 919 g/mol. The van der Waals surface area contributed by atoms with Crippen LogP contribution in [0.25, 0.3) is 28.9 Å². The van der Waals surface area contributed by atoms with E-state index >= 15 is 0 Å². The second-order valence-electron chi connectivity index (χ2n) is 16.3. The smallest absolute Gasteiger partial charge is 0.664 e. The Morgan fingerprint density at radius 1 is 0.571 bits per heavy atom. The summed E-state index contributed by atoms with van der Waals surface area (Å²) < 4.78 is 0. The number of hydrogen-bond acceptors (Lipinski definition) is 8. The third-order valence-corrected chi connectivity index (χ3v) is 12.1. The number of carboxylic acids is 8. The third kappa shape index (κ3) is 11.3. The van der Waals surface area contributed by atoms with Gasteiger partial charge in [-0.15, -0.1) is 46.3 Å². The monoisotopic (exact) mass is 918 g/mol. The topological polar surface area (TPSA) is 355 Å².